The summed E-state index contributed by atoms with van der Waals surface area (Å²) in [5.41, 5.74) is 1.85. The Labute approximate surface area is 131 Å². The number of hydrogen-bond acceptors (Lipinski definition) is 3. The van der Waals surface area contributed by atoms with E-state index >= 15 is 0 Å². The molecule has 0 aliphatic carbocycles. The summed E-state index contributed by atoms with van der Waals surface area (Å²) < 4.78 is 0. The second kappa shape index (κ2) is 7.94. The van der Waals surface area contributed by atoms with Crippen LogP contribution < -0.4 is 16.0 Å². The van der Waals surface area contributed by atoms with Gasteiger partial charge in [0.25, 0.3) is 0 Å². The maximum Gasteiger partial charge on any atom is 0.313 e. The van der Waals surface area contributed by atoms with Gasteiger partial charge in [0.15, 0.2) is 0 Å². The van der Waals surface area contributed by atoms with E-state index in [1.54, 1.807) is 0 Å². The van der Waals surface area contributed by atoms with Gasteiger partial charge in [-0.3, -0.25) is 9.59 Å². The smallest absolute Gasteiger partial charge is 0.313 e. The number of carbonyl (C=O) groups excluding carboxylic acids is 2. The van der Waals surface area contributed by atoms with Gasteiger partial charge >= 0.3 is 11.8 Å². The minimum Gasteiger partial charge on any atom is -0.348 e. The fourth-order valence-corrected chi connectivity index (χ4v) is 2.54. The van der Waals surface area contributed by atoms with Crippen LogP contribution in [0.5, 0.6) is 0 Å². The van der Waals surface area contributed by atoms with Crippen molar-refractivity contribution in [2.24, 2.45) is 5.92 Å². The van der Waals surface area contributed by atoms with Crippen molar-refractivity contribution in [3.05, 3.63) is 29.8 Å². The molecule has 2 amide bonds. The summed E-state index contributed by atoms with van der Waals surface area (Å²) in [5, 5.41) is 8.63. The quantitative estimate of drug-likeness (QED) is 0.744. The largest absolute Gasteiger partial charge is 0.348 e. The fraction of sp³-hybridized carbons (Fsp3) is 0.529. The number of amides is 2. The summed E-state index contributed by atoms with van der Waals surface area (Å²) in [7, 11) is 0. The first kappa shape index (κ1) is 16.5. The van der Waals surface area contributed by atoms with Crippen LogP contribution in [0.2, 0.25) is 0 Å². The van der Waals surface area contributed by atoms with Crippen molar-refractivity contribution in [3.63, 3.8) is 0 Å². The van der Waals surface area contributed by atoms with Crippen molar-refractivity contribution in [1.82, 2.24) is 10.6 Å². The number of rotatable bonds is 4. The zero-order chi connectivity index (χ0) is 15.9. The highest BCUT2D eigenvalue weighted by molar-refractivity contribution is 6.39. The molecule has 1 heterocycles. The molecule has 0 radical (unpaired) electrons. The Hall–Kier alpha value is -1.88. The van der Waals surface area contributed by atoms with Crippen LogP contribution in [0.15, 0.2) is 24.3 Å². The van der Waals surface area contributed by atoms with Gasteiger partial charge in [-0.2, -0.15) is 0 Å². The van der Waals surface area contributed by atoms with Crippen LogP contribution in [0.4, 0.5) is 5.69 Å². The van der Waals surface area contributed by atoms with E-state index in [-0.39, 0.29) is 0 Å². The minimum atomic E-state index is -0.605. The Morgan fingerprint density at radius 1 is 1.14 bits per heavy atom. The third-order valence-corrected chi connectivity index (χ3v) is 4.05. The molecule has 0 saturated carbocycles. The van der Waals surface area contributed by atoms with E-state index in [4.69, 9.17) is 0 Å². The molecule has 120 valence electrons. The van der Waals surface area contributed by atoms with Crippen LogP contribution in [0.3, 0.4) is 0 Å². The highest BCUT2D eigenvalue weighted by Crippen LogP contribution is 2.17. The van der Waals surface area contributed by atoms with Gasteiger partial charge in [-0.05, 0) is 55.5 Å². The van der Waals surface area contributed by atoms with Crippen molar-refractivity contribution >= 4 is 17.5 Å². The number of anilines is 1. The summed E-state index contributed by atoms with van der Waals surface area (Å²) in [6.07, 6.45) is 2.08. The van der Waals surface area contributed by atoms with Crippen molar-refractivity contribution in [2.45, 2.75) is 32.6 Å². The van der Waals surface area contributed by atoms with E-state index in [2.05, 4.69) is 29.8 Å². The van der Waals surface area contributed by atoms with Crippen molar-refractivity contribution < 1.29 is 9.59 Å². The lowest BCUT2D eigenvalue weighted by Gasteiger charge is -2.22. The molecular weight excluding hydrogens is 278 g/mol. The minimum absolute atomic E-state index is 0.443. The molecule has 1 aromatic rings. The van der Waals surface area contributed by atoms with E-state index < -0.39 is 11.8 Å². The number of piperidine rings is 1. The summed E-state index contributed by atoms with van der Waals surface area (Å²) in [6.45, 7) is 6.76. The van der Waals surface area contributed by atoms with Crippen LogP contribution >= 0.6 is 0 Å². The predicted molar refractivity (Wildman–Crippen MR) is 87.8 cm³/mol. The Morgan fingerprint density at radius 3 is 2.36 bits per heavy atom. The second-order valence-electron chi connectivity index (χ2n) is 6.13. The topological polar surface area (TPSA) is 70.2 Å². The Balaban J connectivity index is 1.79. The van der Waals surface area contributed by atoms with Crippen molar-refractivity contribution in [1.29, 1.82) is 0 Å². The van der Waals surface area contributed by atoms with Crippen LogP contribution in [-0.2, 0) is 9.59 Å². The monoisotopic (exact) mass is 303 g/mol. The predicted octanol–water partition coefficient (Wildman–Crippen LogP) is 1.86. The third-order valence-electron chi connectivity index (χ3n) is 4.05. The number of benzene rings is 1. The molecule has 5 nitrogen and oxygen atoms in total. The molecule has 3 N–H and O–H groups in total. The molecule has 1 aromatic carbocycles. The summed E-state index contributed by atoms with van der Waals surface area (Å²) >= 11 is 0. The molecule has 0 atom stereocenters. The molecule has 2 rings (SSSR count). The van der Waals surface area contributed by atoms with E-state index in [0.29, 0.717) is 24.1 Å². The van der Waals surface area contributed by atoms with Crippen LogP contribution in [0, 0.1) is 5.92 Å². The summed E-state index contributed by atoms with van der Waals surface area (Å²) in [6, 6.07) is 7.58. The SMILES string of the molecule is CC(C)c1ccc(NC(=O)C(=O)NCC2CCNCC2)cc1. The maximum atomic E-state index is 11.9. The first-order valence-electron chi connectivity index (χ1n) is 7.96. The van der Waals surface area contributed by atoms with Gasteiger partial charge in [0.05, 0.1) is 0 Å². The second-order valence-corrected chi connectivity index (χ2v) is 6.13. The fourth-order valence-electron chi connectivity index (χ4n) is 2.54. The molecule has 0 bridgehead atoms. The lowest BCUT2D eigenvalue weighted by Crippen LogP contribution is -2.40. The van der Waals surface area contributed by atoms with Gasteiger partial charge in [-0.15, -0.1) is 0 Å². The van der Waals surface area contributed by atoms with Gasteiger partial charge in [0.1, 0.15) is 0 Å². The van der Waals surface area contributed by atoms with Crippen molar-refractivity contribution in [2.75, 3.05) is 25.0 Å². The molecule has 0 aromatic heterocycles. The number of nitrogens with one attached hydrogen (secondary N) is 3. The third kappa shape index (κ3) is 4.84. The molecular formula is C17H25N3O2. The van der Waals surface area contributed by atoms with Gasteiger partial charge < -0.3 is 16.0 Å². The van der Waals surface area contributed by atoms with Crippen LogP contribution in [-0.4, -0.2) is 31.4 Å². The molecule has 1 aliphatic heterocycles. The van der Waals surface area contributed by atoms with Crippen LogP contribution in [0.1, 0.15) is 38.2 Å². The molecule has 22 heavy (non-hydrogen) atoms. The standard InChI is InChI=1S/C17H25N3O2/c1-12(2)14-3-5-15(6-4-14)20-17(22)16(21)19-11-13-7-9-18-10-8-13/h3-6,12-13,18H,7-11H2,1-2H3,(H,19,21)(H,20,22). The molecule has 0 spiro atoms. The zero-order valence-electron chi connectivity index (χ0n) is 13.3. The molecule has 1 fully saturated rings. The van der Waals surface area contributed by atoms with Gasteiger partial charge in [-0.25, -0.2) is 0 Å². The van der Waals surface area contributed by atoms with E-state index in [0.717, 1.165) is 25.9 Å². The molecule has 0 unspecified atom stereocenters. The lowest BCUT2D eigenvalue weighted by atomic mass is 9.98. The van der Waals surface area contributed by atoms with Crippen LogP contribution in [0.25, 0.3) is 0 Å². The van der Waals surface area contributed by atoms with E-state index in [1.807, 2.05) is 24.3 Å². The lowest BCUT2D eigenvalue weighted by molar-refractivity contribution is -0.136. The normalized spacial score (nSPS) is 15.6. The first-order chi connectivity index (χ1) is 10.6. The van der Waals surface area contributed by atoms with Gasteiger partial charge in [-0.1, -0.05) is 26.0 Å². The Morgan fingerprint density at radius 2 is 1.77 bits per heavy atom. The first-order valence-corrected chi connectivity index (χ1v) is 7.96. The average molecular weight is 303 g/mol. The number of hydrogen-bond donors (Lipinski definition) is 3. The Kier molecular flexibility index (Phi) is 5.95. The Bertz CT molecular complexity index is 505. The number of carbonyl (C=O) groups is 2. The highest BCUT2D eigenvalue weighted by atomic mass is 16.2. The molecule has 1 aliphatic rings. The summed E-state index contributed by atoms with van der Waals surface area (Å²) in [5.74, 6) is -0.265. The van der Waals surface area contributed by atoms with Crippen molar-refractivity contribution in [3.8, 4) is 0 Å². The average Bonchev–Trinajstić information content (AvgIpc) is 2.54. The highest BCUT2D eigenvalue weighted by Gasteiger charge is 2.17. The van der Waals surface area contributed by atoms with E-state index in [1.165, 1.54) is 5.56 Å². The zero-order valence-corrected chi connectivity index (χ0v) is 13.3. The van der Waals surface area contributed by atoms with E-state index in [9.17, 15) is 9.59 Å². The molecule has 5 heteroatoms. The van der Waals surface area contributed by atoms with Gasteiger partial charge in [0, 0.05) is 12.2 Å². The summed E-state index contributed by atoms with van der Waals surface area (Å²) in [4.78, 5) is 23.7. The maximum absolute atomic E-state index is 11.9. The van der Waals surface area contributed by atoms with Gasteiger partial charge in [0.2, 0.25) is 0 Å². The molecule has 1 saturated heterocycles.